The highest BCUT2D eigenvalue weighted by Crippen LogP contribution is 2.27. The molecule has 0 saturated carbocycles. The molecule has 0 spiro atoms. The first-order valence-electron chi connectivity index (χ1n) is 7.62. The second kappa shape index (κ2) is 8.31. The van der Waals surface area contributed by atoms with Crippen LogP contribution in [0.5, 0.6) is 5.75 Å². The number of halogens is 1. The predicted octanol–water partition coefficient (Wildman–Crippen LogP) is 2.93. The van der Waals surface area contributed by atoms with E-state index in [0.29, 0.717) is 5.75 Å². The Morgan fingerprint density at radius 3 is 2.50 bits per heavy atom. The van der Waals surface area contributed by atoms with Crippen LogP contribution in [-0.4, -0.2) is 24.9 Å². The fourth-order valence-corrected chi connectivity index (χ4v) is 2.50. The Hall–Kier alpha value is -2.60. The number of amides is 2. The van der Waals surface area contributed by atoms with Gasteiger partial charge in [-0.1, -0.05) is 36.4 Å². The molecule has 0 bridgehead atoms. The van der Waals surface area contributed by atoms with E-state index in [-0.39, 0.29) is 12.2 Å². The van der Waals surface area contributed by atoms with Gasteiger partial charge in [0, 0.05) is 0 Å². The summed E-state index contributed by atoms with van der Waals surface area (Å²) in [5, 5.41) is 14.8. The Morgan fingerprint density at radius 2 is 1.88 bits per heavy atom. The first-order chi connectivity index (χ1) is 11.6. The highest BCUT2D eigenvalue weighted by atomic mass is 19.1. The first-order valence-corrected chi connectivity index (χ1v) is 7.62. The second-order valence-electron chi connectivity index (χ2n) is 5.34. The van der Waals surface area contributed by atoms with Crippen molar-refractivity contribution in [1.29, 1.82) is 0 Å². The SMILES string of the molecule is COc1cccc(F)c1[C@H](C)NC(=O)N[C@H](CO)c1ccccc1. The van der Waals surface area contributed by atoms with Gasteiger partial charge in [-0.3, -0.25) is 0 Å². The van der Waals surface area contributed by atoms with Crippen LogP contribution in [0, 0.1) is 5.82 Å². The molecule has 0 unspecified atom stereocenters. The zero-order valence-electron chi connectivity index (χ0n) is 13.6. The van der Waals surface area contributed by atoms with Crippen LogP contribution < -0.4 is 15.4 Å². The van der Waals surface area contributed by atoms with E-state index in [9.17, 15) is 14.3 Å². The number of benzene rings is 2. The van der Waals surface area contributed by atoms with Crippen molar-refractivity contribution in [2.45, 2.75) is 19.0 Å². The van der Waals surface area contributed by atoms with Crippen molar-refractivity contribution in [3.63, 3.8) is 0 Å². The minimum atomic E-state index is -0.601. The maximum absolute atomic E-state index is 14.0. The van der Waals surface area contributed by atoms with E-state index in [1.165, 1.54) is 13.2 Å². The molecular formula is C18H21FN2O3. The Kier molecular flexibility index (Phi) is 6.14. The van der Waals surface area contributed by atoms with E-state index in [2.05, 4.69) is 10.6 Å². The number of aliphatic hydroxyl groups is 1. The summed E-state index contributed by atoms with van der Waals surface area (Å²) in [6.07, 6.45) is 0. The summed E-state index contributed by atoms with van der Waals surface area (Å²) < 4.78 is 19.2. The van der Waals surface area contributed by atoms with Gasteiger partial charge in [0.1, 0.15) is 11.6 Å². The van der Waals surface area contributed by atoms with Crippen LogP contribution in [0.3, 0.4) is 0 Å². The second-order valence-corrected chi connectivity index (χ2v) is 5.34. The fourth-order valence-electron chi connectivity index (χ4n) is 2.50. The van der Waals surface area contributed by atoms with E-state index < -0.39 is 23.9 Å². The Balaban J connectivity index is 2.07. The number of carbonyl (C=O) groups excluding carboxylic acids is 1. The molecule has 2 rings (SSSR count). The lowest BCUT2D eigenvalue weighted by Crippen LogP contribution is -2.40. The highest BCUT2D eigenvalue weighted by Gasteiger charge is 2.20. The zero-order chi connectivity index (χ0) is 17.5. The van der Waals surface area contributed by atoms with Gasteiger partial charge in [-0.05, 0) is 24.6 Å². The third kappa shape index (κ3) is 4.23. The zero-order valence-corrected chi connectivity index (χ0v) is 13.6. The van der Waals surface area contributed by atoms with Crippen LogP contribution in [-0.2, 0) is 0 Å². The largest absolute Gasteiger partial charge is 0.496 e. The number of carbonyl (C=O) groups is 1. The van der Waals surface area contributed by atoms with Gasteiger partial charge < -0.3 is 20.5 Å². The molecule has 0 heterocycles. The molecule has 0 saturated heterocycles. The maximum atomic E-state index is 14.0. The van der Waals surface area contributed by atoms with Crippen molar-refractivity contribution >= 4 is 6.03 Å². The van der Waals surface area contributed by atoms with Crippen LogP contribution in [0.1, 0.15) is 30.1 Å². The third-order valence-electron chi connectivity index (χ3n) is 3.70. The summed E-state index contributed by atoms with van der Waals surface area (Å²) in [6, 6.07) is 12.0. The Morgan fingerprint density at radius 1 is 1.17 bits per heavy atom. The Bertz CT molecular complexity index is 679. The average Bonchev–Trinajstić information content (AvgIpc) is 2.59. The van der Waals surface area contributed by atoms with Crippen molar-refractivity contribution in [3.8, 4) is 5.75 Å². The molecule has 0 aliphatic heterocycles. The molecule has 0 aliphatic carbocycles. The van der Waals surface area contributed by atoms with Gasteiger partial charge in [-0.25, -0.2) is 9.18 Å². The molecule has 128 valence electrons. The van der Waals surface area contributed by atoms with Gasteiger partial charge in [0.05, 0.1) is 31.4 Å². The number of hydrogen-bond donors (Lipinski definition) is 3. The molecular weight excluding hydrogens is 311 g/mol. The summed E-state index contributed by atoms with van der Waals surface area (Å²) in [6.45, 7) is 1.42. The van der Waals surface area contributed by atoms with Crippen LogP contribution in [0.2, 0.25) is 0 Å². The molecule has 0 radical (unpaired) electrons. The standard InChI is InChI=1S/C18H21FN2O3/c1-12(17-14(19)9-6-10-16(17)24-2)20-18(23)21-15(11-22)13-7-4-3-5-8-13/h3-10,12,15,22H,11H2,1-2H3,(H2,20,21,23)/t12-,15+/m0/s1. The van der Waals surface area contributed by atoms with Gasteiger partial charge in [-0.15, -0.1) is 0 Å². The first kappa shape index (κ1) is 17.7. The van der Waals surface area contributed by atoms with Crippen molar-refractivity contribution in [2.24, 2.45) is 0 Å². The maximum Gasteiger partial charge on any atom is 0.315 e. The third-order valence-corrected chi connectivity index (χ3v) is 3.70. The lowest BCUT2D eigenvalue weighted by atomic mass is 10.1. The molecule has 24 heavy (non-hydrogen) atoms. The number of hydrogen-bond acceptors (Lipinski definition) is 3. The summed E-state index contributed by atoms with van der Waals surface area (Å²) in [7, 11) is 1.45. The van der Waals surface area contributed by atoms with Crippen molar-refractivity contribution in [3.05, 3.63) is 65.5 Å². The van der Waals surface area contributed by atoms with Gasteiger partial charge in [0.25, 0.3) is 0 Å². The molecule has 5 nitrogen and oxygen atoms in total. The molecule has 2 amide bonds. The summed E-state index contributed by atoms with van der Waals surface area (Å²) in [5.41, 5.74) is 1.06. The van der Waals surface area contributed by atoms with Crippen molar-refractivity contribution in [1.82, 2.24) is 10.6 Å². The summed E-state index contributed by atoms with van der Waals surface area (Å²) >= 11 is 0. The molecule has 3 N–H and O–H groups in total. The topological polar surface area (TPSA) is 70.6 Å². The van der Waals surface area contributed by atoms with Crippen LogP contribution in [0.4, 0.5) is 9.18 Å². The summed E-state index contributed by atoms with van der Waals surface area (Å²) in [5.74, 6) is -0.0894. The van der Waals surface area contributed by atoms with Gasteiger partial charge in [0.2, 0.25) is 0 Å². The van der Waals surface area contributed by atoms with Crippen LogP contribution in [0.25, 0.3) is 0 Å². The molecule has 2 aromatic rings. The van der Waals surface area contributed by atoms with Gasteiger partial charge in [0.15, 0.2) is 0 Å². The predicted molar refractivity (Wildman–Crippen MR) is 89.3 cm³/mol. The lowest BCUT2D eigenvalue weighted by molar-refractivity contribution is 0.214. The monoisotopic (exact) mass is 332 g/mol. The van der Waals surface area contributed by atoms with Crippen molar-refractivity contribution < 1.29 is 19.0 Å². The molecule has 2 aromatic carbocycles. The van der Waals surface area contributed by atoms with E-state index in [1.54, 1.807) is 19.1 Å². The van der Waals surface area contributed by atoms with E-state index in [1.807, 2.05) is 30.3 Å². The van der Waals surface area contributed by atoms with E-state index in [4.69, 9.17) is 4.74 Å². The number of rotatable bonds is 6. The minimum Gasteiger partial charge on any atom is -0.496 e. The lowest BCUT2D eigenvalue weighted by Gasteiger charge is -2.21. The number of urea groups is 1. The Labute approximate surface area is 140 Å². The van der Waals surface area contributed by atoms with Crippen LogP contribution >= 0.6 is 0 Å². The number of nitrogens with one attached hydrogen (secondary N) is 2. The quantitative estimate of drug-likeness (QED) is 0.762. The van der Waals surface area contributed by atoms with Gasteiger partial charge in [-0.2, -0.15) is 0 Å². The highest BCUT2D eigenvalue weighted by molar-refractivity contribution is 5.75. The summed E-state index contributed by atoms with van der Waals surface area (Å²) in [4.78, 5) is 12.2. The molecule has 6 heteroatoms. The average molecular weight is 332 g/mol. The molecule has 0 fully saturated rings. The molecule has 0 aliphatic rings. The number of aliphatic hydroxyl groups excluding tert-OH is 1. The van der Waals surface area contributed by atoms with Crippen LogP contribution in [0.15, 0.2) is 48.5 Å². The minimum absolute atomic E-state index is 0.241. The number of ether oxygens (including phenoxy) is 1. The van der Waals surface area contributed by atoms with E-state index in [0.717, 1.165) is 5.56 Å². The van der Waals surface area contributed by atoms with E-state index >= 15 is 0 Å². The fraction of sp³-hybridized carbons (Fsp3) is 0.278. The smallest absolute Gasteiger partial charge is 0.315 e. The van der Waals surface area contributed by atoms with Gasteiger partial charge >= 0.3 is 6.03 Å². The number of methoxy groups -OCH3 is 1. The molecule has 2 atom stereocenters. The molecule has 0 aromatic heterocycles. The normalized spacial score (nSPS) is 13.0. The van der Waals surface area contributed by atoms with Crippen molar-refractivity contribution in [2.75, 3.05) is 13.7 Å².